The van der Waals surface area contributed by atoms with Crippen molar-refractivity contribution in [1.29, 1.82) is 5.26 Å². The van der Waals surface area contributed by atoms with E-state index in [9.17, 15) is 13.9 Å². The zero-order valence-electron chi connectivity index (χ0n) is 17.4. The van der Waals surface area contributed by atoms with Gasteiger partial charge in [-0.15, -0.1) is 5.10 Å². The number of alkyl halides is 2. The molecule has 2 aliphatic rings. The van der Waals surface area contributed by atoms with Gasteiger partial charge in [0.1, 0.15) is 30.3 Å². The average Bonchev–Trinajstić information content (AvgIpc) is 3.52. The van der Waals surface area contributed by atoms with Gasteiger partial charge in [-0.2, -0.15) is 19.2 Å². The van der Waals surface area contributed by atoms with Crippen LogP contribution in [0.5, 0.6) is 0 Å². The second kappa shape index (κ2) is 7.79. The Morgan fingerprint density at radius 2 is 1.76 bits per heavy atom. The predicted octanol–water partition coefficient (Wildman–Crippen LogP) is 3.54. The first-order chi connectivity index (χ1) is 16.2. The summed E-state index contributed by atoms with van der Waals surface area (Å²) in [7, 11) is 0. The Labute approximate surface area is 191 Å². The molecule has 172 valence electrons. The first kappa shape index (κ1) is 21.8. The Kier molecular flexibility index (Phi) is 5.00. The number of rotatable bonds is 6. The molecule has 11 heteroatoms. The average molecular weight is 468 g/mol. The molecule has 7 nitrogen and oxygen atoms in total. The number of benzene rings is 2. The minimum absolute atomic E-state index is 0.335. The number of hydrazone groups is 1. The van der Waals surface area contributed by atoms with Gasteiger partial charge >= 0.3 is 5.92 Å². The molecule has 2 atom stereocenters. The number of hydrogen-bond acceptors (Lipinski definition) is 7. The van der Waals surface area contributed by atoms with Crippen LogP contribution < -0.4 is 0 Å². The van der Waals surface area contributed by atoms with Crippen LogP contribution in [0.1, 0.15) is 16.8 Å². The number of β-amino-alcohol motifs (C(OH)–C–C–N with tert-alkyl or cyclic N) is 1. The van der Waals surface area contributed by atoms with E-state index in [4.69, 9.17) is 5.26 Å². The number of nitrogens with zero attached hydrogens (tertiary/aromatic N) is 6. The minimum atomic E-state index is -4.08. The zero-order chi connectivity index (χ0) is 24.1. The van der Waals surface area contributed by atoms with Crippen molar-refractivity contribution in [2.75, 3.05) is 13.2 Å². The molecule has 0 amide bonds. The highest BCUT2D eigenvalue weighted by Gasteiger charge is 2.59. The highest BCUT2D eigenvalue weighted by Crippen LogP contribution is 2.47. The van der Waals surface area contributed by atoms with Gasteiger partial charge in [0.25, 0.3) is 0 Å². The minimum Gasteiger partial charge on any atom is -0.377 e. The van der Waals surface area contributed by atoms with Crippen molar-refractivity contribution < 1.29 is 22.7 Å². The molecule has 34 heavy (non-hydrogen) atoms. The second-order valence-corrected chi connectivity index (χ2v) is 7.89. The quantitative estimate of drug-likeness (QED) is 0.441. The van der Waals surface area contributed by atoms with E-state index < -0.39 is 41.0 Å². The van der Waals surface area contributed by atoms with E-state index in [-0.39, 0.29) is 0 Å². The van der Waals surface area contributed by atoms with Gasteiger partial charge in [-0.3, -0.25) is 9.99 Å². The Hall–Kier alpha value is -4.01. The second-order valence-electron chi connectivity index (χ2n) is 7.89. The molecular formula is C23H16F4N6O. The van der Waals surface area contributed by atoms with Crippen LogP contribution in [0.15, 0.2) is 65.9 Å². The third-order valence-corrected chi connectivity index (χ3v) is 5.77. The van der Waals surface area contributed by atoms with E-state index in [0.717, 1.165) is 18.2 Å². The zero-order valence-corrected chi connectivity index (χ0v) is 17.4. The maximum Gasteiger partial charge on any atom is 0.323 e. The Balaban J connectivity index is 1.53. The third kappa shape index (κ3) is 3.53. The van der Waals surface area contributed by atoms with Crippen molar-refractivity contribution in [2.45, 2.75) is 11.5 Å². The van der Waals surface area contributed by atoms with Gasteiger partial charge in [-0.1, -0.05) is 23.3 Å². The molecule has 0 radical (unpaired) electrons. The molecule has 2 aliphatic heterocycles. The van der Waals surface area contributed by atoms with Gasteiger partial charge in [0.15, 0.2) is 5.60 Å². The van der Waals surface area contributed by atoms with Crippen molar-refractivity contribution in [3.05, 3.63) is 89.2 Å². The Morgan fingerprint density at radius 3 is 2.32 bits per heavy atom. The van der Waals surface area contributed by atoms with E-state index in [1.54, 1.807) is 24.3 Å². The fourth-order valence-corrected chi connectivity index (χ4v) is 3.81. The van der Waals surface area contributed by atoms with Crippen LogP contribution in [0, 0.1) is 23.0 Å². The van der Waals surface area contributed by atoms with Gasteiger partial charge < -0.3 is 5.11 Å². The number of hydrogen-bond donors (Lipinski definition) is 1. The van der Waals surface area contributed by atoms with Crippen molar-refractivity contribution in [3.8, 4) is 17.2 Å². The van der Waals surface area contributed by atoms with Gasteiger partial charge in [-0.05, 0) is 35.9 Å². The monoisotopic (exact) mass is 468 g/mol. The maximum atomic E-state index is 15.9. The van der Waals surface area contributed by atoms with Crippen molar-refractivity contribution >= 4 is 6.34 Å². The van der Waals surface area contributed by atoms with Crippen LogP contribution in [-0.4, -0.2) is 44.9 Å². The van der Waals surface area contributed by atoms with E-state index in [1.165, 1.54) is 33.8 Å². The van der Waals surface area contributed by atoms with Crippen molar-refractivity contribution in [2.24, 2.45) is 5.10 Å². The lowest BCUT2D eigenvalue weighted by Crippen LogP contribution is -2.53. The molecule has 1 saturated heterocycles. The lowest BCUT2D eigenvalue weighted by molar-refractivity contribution is -0.211. The molecule has 5 rings (SSSR count). The molecule has 2 unspecified atom stereocenters. The highest BCUT2D eigenvalue weighted by molar-refractivity contribution is 5.63. The number of hydrazine groups is 2. The number of pyridine rings is 1. The number of aliphatic hydroxyl groups is 1. The van der Waals surface area contributed by atoms with Crippen LogP contribution in [-0.2, 0) is 11.5 Å². The SMILES string of the molecule is N#Cc1ccc(-c2ccc(C(F)(F)C(O)(CN3C=NN4CN34)c3ccc(F)cc3F)nc2)cc1. The van der Waals surface area contributed by atoms with E-state index in [0.29, 0.717) is 29.4 Å². The summed E-state index contributed by atoms with van der Waals surface area (Å²) in [6.07, 6.45) is 2.43. The van der Waals surface area contributed by atoms with Crippen molar-refractivity contribution in [1.82, 2.24) is 20.2 Å². The fraction of sp³-hybridized carbons (Fsp3) is 0.174. The summed E-state index contributed by atoms with van der Waals surface area (Å²) >= 11 is 0. The summed E-state index contributed by atoms with van der Waals surface area (Å²) in [6.45, 7) is -0.427. The Bertz CT molecular complexity index is 1310. The molecule has 2 aromatic carbocycles. The summed E-state index contributed by atoms with van der Waals surface area (Å²) in [5.74, 6) is -6.35. The number of aromatic nitrogens is 1. The van der Waals surface area contributed by atoms with Gasteiger partial charge in [-0.25, -0.2) is 8.78 Å². The number of nitriles is 1. The normalized spacial score (nSPS) is 18.4. The smallest absolute Gasteiger partial charge is 0.323 e. The molecule has 3 heterocycles. The molecule has 0 aliphatic carbocycles. The third-order valence-electron chi connectivity index (χ3n) is 5.77. The summed E-state index contributed by atoms with van der Waals surface area (Å²) in [5, 5.41) is 28.3. The molecule has 1 N–H and O–H groups in total. The van der Waals surface area contributed by atoms with Crippen LogP contribution in [0.4, 0.5) is 17.6 Å². The summed E-state index contributed by atoms with van der Waals surface area (Å²) in [4.78, 5) is 3.86. The topological polar surface area (TPSA) is 78.5 Å². The van der Waals surface area contributed by atoms with Crippen LogP contribution >= 0.6 is 0 Å². The molecule has 1 fully saturated rings. The van der Waals surface area contributed by atoms with Crippen LogP contribution in [0.25, 0.3) is 11.1 Å². The molecule has 0 spiro atoms. The summed E-state index contributed by atoms with van der Waals surface area (Å²) in [5.41, 5.74) is -3.08. The van der Waals surface area contributed by atoms with E-state index >= 15 is 8.78 Å². The molecule has 3 aromatic rings. The number of fused-ring (bicyclic) bond motifs is 1. The van der Waals surface area contributed by atoms with E-state index in [2.05, 4.69) is 10.1 Å². The van der Waals surface area contributed by atoms with Crippen LogP contribution in [0.2, 0.25) is 0 Å². The summed E-state index contributed by atoms with van der Waals surface area (Å²) in [6, 6.07) is 13.0. The first-order valence-corrected chi connectivity index (χ1v) is 10.1. The van der Waals surface area contributed by atoms with Crippen LogP contribution in [0.3, 0.4) is 0 Å². The first-order valence-electron chi connectivity index (χ1n) is 10.1. The van der Waals surface area contributed by atoms with Gasteiger partial charge in [0, 0.05) is 23.4 Å². The lowest BCUT2D eigenvalue weighted by Gasteiger charge is -2.38. The van der Waals surface area contributed by atoms with Gasteiger partial charge in [0.2, 0.25) is 0 Å². The molecule has 0 saturated carbocycles. The largest absolute Gasteiger partial charge is 0.377 e. The molecular weight excluding hydrogens is 452 g/mol. The molecule has 0 bridgehead atoms. The number of halogens is 4. The maximum absolute atomic E-state index is 15.9. The standard InChI is InChI=1S/C23H16F4N6O/c24-18-6-7-19(20(25)9-18)22(34,12-31-13-30-32-14-33(31)32)23(26,27)21-8-5-17(11-29-21)16-3-1-15(10-28)2-4-16/h1-9,11,13,34H,12,14H2. The fourth-order valence-electron chi connectivity index (χ4n) is 3.81. The lowest BCUT2D eigenvalue weighted by atomic mass is 9.84. The highest BCUT2D eigenvalue weighted by atomic mass is 19.3. The van der Waals surface area contributed by atoms with Gasteiger partial charge in [0.05, 0.1) is 18.2 Å². The molecule has 1 aromatic heterocycles. The van der Waals surface area contributed by atoms with Crippen molar-refractivity contribution in [3.63, 3.8) is 0 Å². The summed E-state index contributed by atoms with van der Waals surface area (Å²) < 4.78 is 59.9. The predicted molar refractivity (Wildman–Crippen MR) is 112 cm³/mol. The van der Waals surface area contributed by atoms with E-state index in [1.807, 2.05) is 6.07 Å². The Morgan fingerprint density at radius 1 is 1.03 bits per heavy atom.